The topological polar surface area (TPSA) is 26.3 Å². The second kappa shape index (κ2) is 6.53. The van der Waals surface area contributed by atoms with Gasteiger partial charge in [-0.05, 0) is 38.0 Å². The Kier molecular flexibility index (Phi) is 5.02. The molecule has 0 aromatic carbocycles. The zero-order valence-electron chi connectivity index (χ0n) is 11.1. The van der Waals surface area contributed by atoms with Crippen molar-refractivity contribution >= 4 is 5.78 Å². The van der Waals surface area contributed by atoms with E-state index in [-0.39, 0.29) is 5.78 Å². The Balaban J connectivity index is 1.77. The molecular weight excluding hydrogens is 212 g/mol. The van der Waals surface area contributed by atoms with E-state index in [9.17, 15) is 4.79 Å². The molecule has 0 spiro atoms. The smallest absolute Gasteiger partial charge is 0.155 e. The minimum Gasteiger partial charge on any atom is -0.370 e. The molecule has 2 fully saturated rings. The summed E-state index contributed by atoms with van der Waals surface area (Å²) in [5, 5.41) is 0. The Bertz CT molecular complexity index is 243. The summed E-state index contributed by atoms with van der Waals surface area (Å²) in [7, 11) is 0. The fourth-order valence-corrected chi connectivity index (χ4v) is 3.60. The largest absolute Gasteiger partial charge is 0.370 e. The number of hydrogen-bond donors (Lipinski definition) is 0. The van der Waals surface area contributed by atoms with Gasteiger partial charge in [0.05, 0.1) is 6.10 Å². The lowest BCUT2D eigenvalue weighted by Gasteiger charge is -2.36. The standard InChI is InChI=1S/C15H26O2/c1-12(16)11-17-15-9-5-8-14(10-15)13-6-3-2-4-7-13/h13-15H,2-11H2,1H3. The molecule has 0 saturated heterocycles. The molecule has 2 aliphatic carbocycles. The highest BCUT2D eigenvalue weighted by molar-refractivity contribution is 5.76. The van der Waals surface area contributed by atoms with Gasteiger partial charge in [0.15, 0.2) is 5.78 Å². The summed E-state index contributed by atoms with van der Waals surface area (Å²) in [6.07, 6.45) is 12.6. The molecule has 2 unspecified atom stereocenters. The van der Waals surface area contributed by atoms with E-state index in [1.165, 1.54) is 51.4 Å². The first-order valence-corrected chi connectivity index (χ1v) is 7.36. The van der Waals surface area contributed by atoms with Gasteiger partial charge >= 0.3 is 0 Å². The predicted octanol–water partition coefficient (Wildman–Crippen LogP) is 3.73. The molecule has 98 valence electrons. The maximum atomic E-state index is 10.9. The van der Waals surface area contributed by atoms with Crippen LogP contribution in [0.25, 0.3) is 0 Å². The van der Waals surface area contributed by atoms with Crippen LogP contribution in [0.2, 0.25) is 0 Å². The first kappa shape index (κ1) is 13.1. The zero-order valence-corrected chi connectivity index (χ0v) is 11.1. The molecule has 0 aromatic heterocycles. The van der Waals surface area contributed by atoms with Crippen molar-refractivity contribution in [3.05, 3.63) is 0 Å². The fraction of sp³-hybridized carbons (Fsp3) is 0.933. The maximum Gasteiger partial charge on any atom is 0.155 e. The van der Waals surface area contributed by atoms with Crippen LogP contribution < -0.4 is 0 Å². The molecule has 0 N–H and O–H groups in total. The summed E-state index contributed by atoms with van der Waals surface area (Å²) < 4.78 is 5.72. The van der Waals surface area contributed by atoms with Crippen LogP contribution in [0.5, 0.6) is 0 Å². The van der Waals surface area contributed by atoms with Crippen LogP contribution in [0.15, 0.2) is 0 Å². The number of ketones is 1. The molecule has 2 heteroatoms. The molecule has 2 rings (SSSR count). The van der Waals surface area contributed by atoms with Crippen molar-refractivity contribution in [2.45, 2.75) is 70.8 Å². The molecule has 0 aliphatic heterocycles. The van der Waals surface area contributed by atoms with Crippen LogP contribution in [0, 0.1) is 11.8 Å². The molecule has 0 heterocycles. The van der Waals surface area contributed by atoms with Crippen molar-refractivity contribution in [1.29, 1.82) is 0 Å². The number of hydrogen-bond acceptors (Lipinski definition) is 2. The minimum absolute atomic E-state index is 0.157. The third kappa shape index (κ3) is 4.09. The van der Waals surface area contributed by atoms with Gasteiger partial charge in [-0.15, -0.1) is 0 Å². The summed E-state index contributed by atoms with van der Waals surface area (Å²) in [5.74, 6) is 1.98. The summed E-state index contributed by atoms with van der Waals surface area (Å²) in [4.78, 5) is 10.9. The Hall–Kier alpha value is -0.370. The second-order valence-electron chi connectivity index (χ2n) is 5.96. The second-order valence-corrected chi connectivity index (χ2v) is 5.96. The molecule has 0 radical (unpaired) electrons. The Labute approximate surface area is 105 Å². The van der Waals surface area contributed by atoms with E-state index in [0.717, 1.165) is 18.3 Å². The highest BCUT2D eigenvalue weighted by Gasteiger charge is 2.29. The highest BCUT2D eigenvalue weighted by Crippen LogP contribution is 2.38. The number of carbonyl (C=O) groups is 1. The van der Waals surface area contributed by atoms with Gasteiger partial charge in [-0.3, -0.25) is 4.79 Å². The van der Waals surface area contributed by atoms with Gasteiger partial charge in [-0.2, -0.15) is 0 Å². The van der Waals surface area contributed by atoms with Gasteiger partial charge in [-0.25, -0.2) is 0 Å². The maximum absolute atomic E-state index is 10.9. The van der Waals surface area contributed by atoms with Crippen LogP contribution in [0.1, 0.15) is 64.7 Å². The molecule has 2 saturated carbocycles. The SMILES string of the molecule is CC(=O)COC1CCCC(C2CCCCC2)C1. The van der Waals surface area contributed by atoms with E-state index >= 15 is 0 Å². The monoisotopic (exact) mass is 238 g/mol. The summed E-state index contributed by atoms with van der Waals surface area (Å²) >= 11 is 0. The predicted molar refractivity (Wildman–Crippen MR) is 69.0 cm³/mol. The first-order chi connectivity index (χ1) is 8.25. The molecule has 2 atom stereocenters. The van der Waals surface area contributed by atoms with Gasteiger partial charge in [0.2, 0.25) is 0 Å². The quantitative estimate of drug-likeness (QED) is 0.746. The van der Waals surface area contributed by atoms with E-state index in [2.05, 4.69) is 0 Å². The van der Waals surface area contributed by atoms with Gasteiger partial charge < -0.3 is 4.74 Å². The average Bonchev–Trinajstić information content (AvgIpc) is 2.38. The average molecular weight is 238 g/mol. The molecular formula is C15H26O2. The van der Waals surface area contributed by atoms with E-state index in [4.69, 9.17) is 4.74 Å². The van der Waals surface area contributed by atoms with Crippen molar-refractivity contribution < 1.29 is 9.53 Å². The normalized spacial score (nSPS) is 31.4. The molecule has 2 nitrogen and oxygen atoms in total. The summed E-state index contributed by atoms with van der Waals surface area (Å²) in [6.45, 7) is 1.93. The van der Waals surface area contributed by atoms with Crippen molar-refractivity contribution in [1.82, 2.24) is 0 Å². The van der Waals surface area contributed by atoms with E-state index in [0.29, 0.717) is 12.7 Å². The molecule has 0 amide bonds. The Morgan fingerprint density at radius 1 is 1.00 bits per heavy atom. The summed E-state index contributed by atoms with van der Waals surface area (Å²) in [6, 6.07) is 0. The van der Waals surface area contributed by atoms with Crippen LogP contribution in [0.3, 0.4) is 0 Å². The zero-order chi connectivity index (χ0) is 12.1. The van der Waals surface area contributed by atoms with Gasteiger partial charge in [0.25, 0.3) is 0 Å². The number of rotatable bonds is 4. The lowest BCUT2D eigenvalue weighted by atomic mass is 9.73. The third-order valence-corrected chi connectivity index (χ3v) is 4.51. The highest BCUT2D eigenvalue weighted by atomic mass is 16.5. The van der Waals surface area contributed by atoms with E-state index in [1.54, 1.807) is 6.92 Å². The van der Waals surface area contributed by atoms with Crippen LogP contribution in [0.4, 0.5) is 0 Å². The number of ether oxygens (including phenoxy) is 1. The minimum atomic E-state index is 0.157. The first-order valence-electron chi connectivity index (χ1n) is 7.36. The Morgan fingerprint density at radius 2 is 1.71 bits per heavy atom. The van der Waals surface area contributed by atoms with Crippen LogP contribution >= 0.6 is 0 Å². The van der Waals surface area contributed by atoms with E-state index < -0.39 is 0 Å². The van der Waals surface area contributed by atoms with Crippen LogP contribution in [-0.2, 0) is 9.53 Å². The lowest BCUT2D eigenvalue weighted by Crippen LogP contribution is -2.29. The van der Waals surface area contributed by atoms with Crippen LogP contribution in [-0.4, -0.2) is 18.5 Å². The molecule has 17 heavy (non-hydrogen) atoms. The number of Topliss-reactive ketones (excluding diaryl/α,β-unsaturated/α-hetero) is 1. The summed E-state index contributed by atoms with van der Waals surface area (Å²) in [5.41, 5.74) is 0. The lowest BCUT2D eigenvalue weighted by molar-refractivity contribution is -0.124. The van der Waals surface area contributed by atoms with E-state index in [1.807, 2.05) is 0 Å². The number of carbonyl (C=O) groups excluding carboxylic acids is 1. The third-order valence-electron chi connectivity index (χ3n) is 4.51. The van der Waals surface area contributed by atoms with Gasteiger partial charge in [0.1, 0.15) is 6.61 Å². The fourth-order valence-electron chi connectivity index (χ4n) is 3.60. The van der Waals surface area contributed by atoms with Gasteiger partial charge in [0, 0.05) is 0 Å². The molecule has 2 aliphatic rings. The van der Waals surface area contributed by atoms with Crippen molar-refractivity contribution in [2.75, 3.05) is 6.61 Å². The van der Waals surface area contributed by atoms with Crippen molar-refractivity contribution in [2.24, 2.45) is 11.8 Å². The Morgan fingerprint density at radius 3 is 2.41 bits per heavy atom. The molecule has 0 aromatic rings. The van der Waals surface area contributed by atoms with Crippen molar-refractivity contribution in [3.8, 4) is 0 Å². The molecule has 0 bridgehead atoms. The van der Waals surface area contributed by atoms with Crippen molar-refractivity contribution in [3.63, 3.8) is 0 Å². The van der Waals surface area contributed by atoms with Gasteiger partial charge in [-0.1, -0.05) is 38.5 Å².